The Labute approximate surface area is 143 Å². The van der Waals surface area contributed by atoms with Crippen LogP contribution in [0.25, 0.3) is 11.1 Å². The number of amides is 2. The highest BCUT2D eigenvalue weighted by atomic mass is 16.6. The number of anilines is 1. The lowest BCUT2D eigenvalue weighted by atomic mass is 10.1. The molecule has 1 atom stereocenters. The largest absolute Gasteiger partial charge is 0.465 e. The van der Waals surface area contributed by atoms with E-state index in [-0.39, 0.29) is 5.76 Å². The van der Waals surface area contributed by atoms with E-state index < -0.39 is 18.1 Å². The molecule has 7 nitrogen and oxygen atoms in total. The van der Waals surface area contributed by atoms with E-state index in [4.69, 9.17) is 14.9 Å². The average molecular weight is 337 g/mol. The number of rotatable bonds is 5. The Morgan fingerprint density at radius 1 is 1.04 bits per heavy atom. The molecule has 0 aliphatic heterocycles. The van der Waals surface area contributed by atoms with E-state index in [1.54, 1.807) is 30.6 Å². The third kappa shape index (κ3) is 4.03. The summed E-state index contributed by atoms with van der Waals surface area (Å²) in [6.45, 7) is 0. The van der Waals surface area contributed by atoms with E-state index in [9.17, 15) is 9.59 Å². The van der Waals surface area contributed by atoms with Gasteiger partial charge in [-0.05, 0) is 47.5 Å². The molecule has 7 heteroatoms. The Kier molecular flexibility index (Phi) is 4.75. The van der Waals surface area contributed by atoms with Crippen LogP contribution < -0.4 is 11.1 Å². The molecule has 0 aliphatic carbocycles. The highest BCUT2D eigenvalue weighted by Gasteiger charge is 2.26. The van der Waals surface area contributed by atoms with Crippen LogP contribution >= 0.6 is 0 Å². The number of aromatic nitrogens is 1. The van der Waals surface area contributed by atoms with Gasteiger partial charge in [0.1, 0.15) is 0 Å². The smallest absolute Gasteiger partial charge is 0.405 e. The fourth-order valence-corrected chi connectivity index (χ4v) is 2.30. The number of benzene rings is 1. The van der Waals surface area contributed by atoms with Crippen molar-refractivity contribution in [3.8, 4) is 11.1 Å². The van der Waals surface area contributed by atoms with Gasteiger partial charge in [-0.1, -0.05) is 12.1 Å². The number of carbonyl (C=O) groups excluding carboxylic acids is 2. The van der Waals surface area contributed by atoms with Gasteiger partial charge in [-0.25, -0.2) is 4.79 Å². The Morgan fingerprint density at radius 2 is 1.72 bits per heavy atom. The maximum Gasteiger partial charge on any atom is 0.405 e. The minimum Gasteiger partial charge on any atom is -0.465 e. The number of primary amides is 1. The maximum atomic E-state index is 12.4. The van der Waals surface area contributed by atoms with E-state index in [0.29, 0.717) is 5.69 Å². The van der Waals surface area contributed by atoms with Crippen LogP contribution in [-0.4, -0.2) is 17.0 Å². The number of hydrogen-bond donors (Lipinski definition) is 2. The molecular formula is C18H15N3O4. The molecule has 0 fully saturated rings. The third-order valence-corrected chi connectivity index (χ3v) is 3.44. The Morgan fingerprint density at radius 3 is 2.32 bits per heavy atom. The van der Waals surface area contributed by atoms with Gasteiger partial charge in [0.05, 0.1) is 6.26 Å². The number of carbonyl (C=O) groups is 2. The van der Waals surface area contributed by atoms with E-state index in [2.05, 4.69) is 10.3 Å². The number of nitrogens with zero attached hydrogens (tertiary/aromatic N) is 1. The second kappa shape index (κ2) is 7.31. The number of pyridine rings is 1. The van der Waals surface area contributed by atoms with Crippen LogP contribution in [0.4, 0.5) is 10.5 Å². The lowest BCUT2D eigenvalue weighted by Crippen LogP contribution is -2.27. The molecule has 0 spiro atoms. The number of hydrogen-bond acceptors (Lipinski definition) is 5. The highest BCUT2D eigenvalue weighted by molar-refractivity contribution is 5.95. The molecule has 1 unspecified atom stereocenters. The molecular weight excluding hydrogens is 322 g/mol. The second-order valence-corrected chi connectivity index (χ2v) is 5.13. The lowest BCUT2D eigenvalue weighted by molar-refractivity contribution is -0.125. The van der Waals surface area contributed by atoms with Gasteiger partial charge < -0.3 is 20.2 Å². The van der Waals surface area contributed by atoms with Crippen LogP contribution in [-0.2, 0) is 9.53 Å². The highest BCUT2D eigenvalue weighted by Crippen LogP contribution is 2.23. The summed E-state index contributed by atoms with van der Waals surface area (Å²) in [4.78, 5) is 27.4. The first kappa shape index (κ1) is 16.3. The minimum atomic E-state index is -1.26. The molecule has 3 aromatic rings. The molecule has 0 radical (unpaired) electrons. The zero-order chi connectivity index (χ0) is 17.6. The summed E-state index contributed by atoms with van der Waals surface area (Å²) < 4.78 is 9.98. The molecule has 126 valence electrons. The maximum absolute atomic E-state index is 12.4. The SMILES string of the molecule is NC(=O)OC(C(=O)Nc1ccc(-c2ccncc2)cc1)c1ccco1. The van der Waals surface area contributed by atoms with Crippen LogP contribution in [0.2, 0.25) is 0 Å². The normalized spacial score (nSPS) is 11.5. The molecule has 0 aliphatic rings. The van der Waals surface area contributed by atoms with Gasteiger partial charge in [-0.3, -0.25) is 9.78 Å². The number of nitrogens with one attached hydrogen (secondary N) is 1. The summed E-state index contributed by atoms with van der Waals surface area (Å²) in [6, 6.07) is 14.1. The minimum absolute atomic E-state index is 0.185. The summed E-state index contributed by atoms with van der Waals surface area (Å²) in [5, 5.41) is 2.67. The molecule has 0 saturated carbocycles. The van der Waals surface area contributed by atoms with Gasteiger partial charge in [-0.15, -0.1) is 0 Å². The average Bonchev–Trinajstić information content (AvgIpc) is 3.15. The van der Waals surface area contributed by atoms with E-state index in [0.717, 1.165) is 11.1 Å². The van der Waals surface area contributed by atoms with Crippen LogP contribution in [0.5, 0.6) is 0 Å². The number of furan rings is 1. The van der Waals surface area contributed by atoms with Crippen molar-refractivity contribution >= 4 is 17.7 Å². The molecule has 1 aromatic carbocycles. The van der Waals surface area contributed by atoms with Gasteiger partial charge in [0.25, 0.3) is 5.91 Å². The predicted octanol–water partition coefficient (Wildman–Crippen LogP) is 3.12. The summed E-state index contributed by atoms with van der Waals surface area (Å²) in [7, 11) is 0. The third-order valence-electron chi connectivity index (χ3n) is 3.44. The molecule has 2 aromatic heterocycles. The van der Waals surface area contributed by atoms with Gasteiger partial charge in [0.2, 0.25) is 6.10 Å². The van der Waals surface area contributed by atoms with Gasteiger partial charge in [-0.2, -0.15) is 0 Å². The molecule has 3 N–H and O–H groups in total. The van der Waals surface area contributed by atoms with Crippen LogP contribution in [0, 0.1) is 0 Å². The van der Waals surface area contributed by atoms with Crippen molar-refractivity contribution in [2.75, 3.05) is 5.32 Å². The molecule has 0 saturated heterocycles. The number of ether oxygens (including phenoxy) is 1. The standard InChI is InChI=1S/C18H15N3O4/c19-18(23)25-16(15-2-1-11-24-15)17(22)21-14-5-3-12(4-6-14)13-7-9-20-10-8-13/h1-11,16H,(H2,19,23)(H,21,22). The van der Waals surface area contributed by atoms with E-state index in [1.807, 2.05) is 24.3 Å². The monoisotopic (exact) mass is 337 g/mol. The van der Waals surface area contributed by atoms with Gasteiger partial charge >= 0.3 is 6.09 Å². The van der Waals surface area contributed by atoms with Crippen LogP contribution in [0.15, 0.2) is 71.6 Å². The Hall–Kier alpha value is -3.61. The van der Waals surface area contributed by atoms with Crippen molar-refractivity contribution in [1.82, 2.24) is 4.98 Å². The topological polar surface area (TPSA) is 107 Å². The van der Waals surface area contributed by atoms with Crippen molar-refractivity contribution in [2.45, 2.75) is 6.10 Å². The van der Waals surface area contributed by atoms with Crippen molar-refractivity contribution in [2.24, 2.45) is 5.73 Å². The Balaban J connectivity index is 1.74. The van der Waals surface area contributed by atoms with Gasteiger partial charge in [0.15, 0.2) is 5.76 Å². The molecule has 2 heterocycles. The summed E-state index contributed by atoms with van der Waals surface area (Å²) in [5.74, 6) is -0.380. The zero-order valence-electron chi connectivity index (χ0n) is 13.1. The fourth-order valence-electron chi connectivity index (χ4n) is 2.30. The van der Waals surface area contributed by atoms with E-state index in [1.165, 1.54) is 12.3 Å². The van der Waals surface area contributed by atoms with Crippen molar-refractivity contribution in [3.05, 3.63) is 72.9 Å². The predicted molar refractivity (Wildman–Crippen MR) is 90.4 cm³/mol. The molecule has 0 bridgehead atoms. The quantitative estimate of drug-likeness (QED) is 0.744. The number of nitrogens with two attached hydrogens (primary N) is 1. The van der Waals surface area contributed by atoms with Crippen LogP contribution in [0.1, 0.15) is 11.9 Å². The first-order valence-corrected chi connectivity index (χ1v) is 7.44. The van der Waals surface area contributed by atoms with Crippen molar-refractivity contribution in [3.63, 3.8) is 0 Å². The first-order chi connectivity index (χ1) is 12.1. The molecule has 2 amide bonds. The molecule has 25 heavy (non-hydrogen) atoms. The summed E-state index contributed by atoms with van der Waals surface area (Å²) >= 11 is 0. The van der Waals surface area contributed by atoms with E-state index >= 15 is 0 Å². The lowest BCUT2D eigenvalue weighted by Gasteiger charge is -2.14. The summed E-state index contributed by atoms with van der Waals surface area (Å²) in [6.07, 6.45) is 2.47. The second-order valence-electron chi connectivity index (χ2n) is 5.13. The molecule has 3 rings (SSSR count). The van der Waals surface area contributed by atoms with Gasteiger partial charge in [0, 0.05) is 18.1 Å². The van der Waals surface area contributed by atoms with Crippen molar-refractivity contribution < 1.29 is 18.7 Å². The first-order valence-electron chi connectivity index (χ1n) is 7.44. The Bertz CT molecular complexity index is 846. The fraction of sp³-hybridized carbons (Fsp3) is 0.0556. The summed E-state index contributed by atoms with van der Waals surface area (Å²) in [5.41, 5.74) is 7.57. The van der Waals surface area contributed by atoms with Crippen LogP contribution in [0.3, 0.4) is 0 Å². The zero-order valence-corrected chi connectivity index (χ0v) is 13.1. The van der Waals surface area contributed by atoms with Crippen molar-refractivity contribution in [1.29, 1.82) is 0 Å².